The van der Waals surface area contributed by atoms with Crippen molar-refractivity contribution < 1.29 is 36.7 Å². The molecule has 2 aromatic carbocycles. The average Bonchev–Trinajstić information content (AvgIpc) is 2.66. The summed E-state index contributed by atoms with van der Waals surface area (Å²) in [5.41, 5.74) is -1.18. The Morgan fingerprint density at radius 1 is 0.967 bits per heavy atom. The zero-order chi connectivity index (χ0) is 22.4. The maximum Gasteiger partial charge on any atom is 0.329 e. The van der Waals surface area contributed by atoms with Crippen molar-refractivity contribution >= 4 is 23.5 Å². The van der Waals surface area contributed by atoms with Gasteiger partial charge in [-0.05, 0) is 30.2 Å². The van der Waals surface area contributed by atoms with Gasteiger partial charge in [0.05, 0.1) is 5.69 Å². The molecule has 0 fully saturated rings. The molecule has 0 aromatic heterocycles. The van der Waals surface area contributed by atoms with Crippen LogP contribution in [-0.2, 0) is 14.3 Å². The van der Waals surface area contributed by atoms with Gasteiger partial charge in [-0.1, -0.05) is 19.9 Å². The summed E-state index contributed by atoms with van der Waals surface area (Å²) in [6.45, 7) is 2.25. The molecule has 0 saturated heterocycles. The Morgan fingerprint density at radius 3 is 2.17 bits per heavy atom. The van der Waals surface area contributed by atoms with Gasteiger partial charge in [-0.3, -0.25) is 9.59 Å². The topological polar surface area (TPSA) is 84.5 Å². The van der Waals surface area contributed by atoms with E-state index in [2.05, 4.69) is 10.6 Å². The third-order valence-electron chi connectivity index (χ3n) is 3.95. The molecule has 30 heavy (non-hydrogen) atoms. The normalized spacial score (nSPS) is 11.7. The van der Waals surface area contributed by atoms with Gasteiger partial charge in [0, 0.05) is 6.07 Å². The van der Waals surface area contributed by atoms with E-state index in [1.807, 2.05) is 0 Å². The van der Waals surface area contributed by atoms with Crippen molar-refractivity contribution in [3.63, 3.8) is 0 Å². The van der Waals surface area contributed by atoms with E-state index in [0.29, 0.717) is 6.07 Å². The van der Waals surface area contributed by atoms with Crippen molar-refractivity contribution in [1.29, 1.82) is 0 Å². The molecule has 160 valence electrons. The maximum atomic E-state index is 13.7. The average molecular weight is 426 g/mol. The third kappa shape index (κ3) is 5.79. The van der Waals surface area contributed by atoms with Gasteiger partial charge in [-0.2, -0.15) is 0 Å². The second-order valence-electron chi connectivity index (χ2n) is 6.57. The molecule has 0 spiro atoms. The maximum absolute atomic E-state index is 13.7. The smallest absolute Gasteiger partial charge is 0.329 e. The lowest BCUT2D eigenvalue weighted by Crippen LogP contribution is -2.46. The lowest BCUT2D eigenvalue weighted by atomic mass is 10.0. The molecule has 2 rings (SSSR count). The number of hydrogen-bond donors (Lipinski definition) is 2. The van der Waals surface area contributed by atoms with Crippen molar-refractivity contribution in [2.75, 3.05) is 11.9 Å². The van der Waals surface area contributed by atoms with Gasteiger partial charge >= 0.3 is 5.97 Å². The number of halogens is 4. The molecule has 2 aromatic rings. The van der Waals surface area contributed by atoms with Gasteiger partial charge in [0.1, 0.15) is 34.9 Å². The van der Waals surface area contributed by atoms with Crippen LogP contribution >= 0.6 is 0 Å². The lowest BCUT2D eigenvalue weighted by Gasteiger charge is -2.21. The summed E-state index contributed by atoms with van der Waals surface area (Å²) in [6.07, 6.45) is 0. The van der Waals surface area contributed by atoms with Crippen LogP contribution in [0, 0.1) is 29.2 Å². The summed E-state index contributed by atoms with van der Waals surface area (Å²) in [5, 5.41) is 4.27. The number of carbonyl (C=O) groups is 3. The van der Waals surface area contributed by atoms with Crippen LogP contribution in [0.1, 0.15) is 24.2 Å². The van der Waals surface area contributed by atoms with Crippen molar-refractivity contribution in [1.82, 2.24) is 5.32 Å². The molecule has 0 saturated carbocycles. The minimum Gasteiger partial charge on any atom is -0.454 e. The first-order valence-corrected chi connectivity index (χ1v) is 8.76. The summed E-state index contributed by atoms with van der Waals surface area (Å²) < 4.78 is 58.7. The fourth-order valence-corrected chi connectivity index (χ4v) is 2.43. The number of nitrogens with one attached hydrogen (secondary N) is 2. The van der Waals surface area contributed by atoms with Crippen LogP contribution in [0.2, 0.25) is 0 Å². The van der Waals surface area contributed by atoms with Crippen molar-refractivity contribution in [3.05, 3.63) is 65.2 Å². The predicted octanol–water partition coefficient (Wildman–Crippen LogP) is 3.18. The van der Waals surface area contributed by atoms with E-state index in [1.54, 1.807) is 0 Å². The highest BCUT2D eigenvalue weighted by molar-refractivity contribution is 5.98. The van der Waals surface area contributed by atoms with Crippen molar-refractivity contribution in [3.8, 4) is 0 Å². The van der Waals surface area contributed by atoms with Crippen LogP contribution in [0.3, 0.4) is 0 Å². The molecule has 0 radical (unpaired) electrons. The summed E-state index contributed by atoms with van der Waals surface area (Å²) >= 11 is 0. The molecule has 0 aliphatic heterocycles. The highest BCUT2D eigenvalue weighted by Crippen LogP contribution is 2.15. The van der Waals surface area contributed by atoms with E-state index in [-0.39, 0.29) is 5.69 Å². The largest absolute Gasteiger partial charge is 0.454 e. The molecule has 6 nitrogen and oxygen atoms in total. The quantitative estimate of drug-likeness (QED) is 0.526. The van der Waals surface area contributed by atoms with Gasteiger partial charge in [0.15, 0.2) is 6.61 Å². The number of anilines is 1. The Hall–Kier alpha value is -3.43. The molecule has 0 heterocycles. The Balaban J connectivity index is 2.00. The molecule has 0 aliphatic rings. The van der Waals surface area contributed by atoms with Crippen LogP contribution in [0.5, 0.6) is 0 Å². The predicted molar refractivity (Wildman–Crippen MR) is 98.4 cm³/mol. The summed E-state index contributed by atoms with van der Waals surface area (Å²) in [5.74, 6) is -7.73. The highest BCUT2D eigenvalue weighted by atomic mass is 19.1. The minimum atomic E-state index is -1.31. The molecule has 10 heteroatoms. The lowest BCUT2D eigenvalue weighted by molar-refractivity contribution is -0.150. The number of hydrogen-bond acceptors (Lipinski definition) is 4. The van der Waals surface area contributed by atoms with E-state index in [9.17, 15) is 31.9 Å². The number of ether oxygens (including phenoxy) is 1. The standard InChI is InChI=1S/C20H18F4N2O4/c1-10(2)18(26-19(28)17-12(22)4-3-5-13(17)23)20(29)30-9-16(27)25-15-7-6-11(21)8-14(15)24/h3-8,10,18H,9H2,1-2H3,(H,25,27)(H,26,28). The summed E-state index contributed by atoms with van der Waals surface area (Å²) in [6, 6.07) is 4.03. The van der Waals surface area contributed by atoms with Crippen molar-refractivity contribution in [2.45, 2.75) is 19.9 Å². The fraction of sp³-hybridized carbons (Fsp3) is 0.250. The molecule has 0 aliphatic carbocycles. The fourth-order valence-electron chi connectivity index (χ4n) is 2.43. The Morgan fingerprint density at radius 2 is 1.60 bits per heavy atom. The molecule has 2 N–H and O–H groups in total. The third-order valence-corrected chi connectivity index (χ3v) is 3.95. The van der Waals surface area contributed by atoms with E-state index < -0.39 is 65.2 Å². The number of benzene rings is 2. The zero-order valence-corrected chi connectivity index (χ0v) is 16.0. The van der Waals surface area contributed by atoms with Crippen molar-refractivity contribution in [2.24, 2.45) is 5.92 Å². The van der Waals surface area contributed by atoms with Crippen LogP contribution in [0.15, 0.2) is 36.4 Å². The van der Waals surface area contributed by atoms with Crippen LogP contribution in [0.25, 0.3) is 0 Å². The second kappa shape index (κ2) is 9.86. The monoisotopic (exact) mass is 426 g/mol. The molecular formula is C20H18F4N2O4. The van der Waals surface area contributed by atoms with Gasteiger partial charge in [0.25, 0.3) is 11.8 Å². The number of esters is 1. The van der Waals surface area contributed by atoms with E-state index in [1.165, 1.54) is 13.8 Å². The van der Waals surface area contributed by atoms with Crippen LogP contribution in [-0.4, -0.2) is 30.4 Å². The Labute approximate surface area is 169 Å². The highest BCUT2D eigenvalue weighted by Gasteiger charge is 2.29. The van der Waals surface area contributed by atoms with Gasteiger partial charge < -0.3 is 15.4 Å². The van der Waals surface area contributed by atoms with Gasteiger partial charge in [-0.25, -0.2) is 22.4 Å². The van der Waals surface area contributed by atoms with E-state index in [4.69, 9.17) is 4.74 Å². The van der Waals surface area contributed by atoms with Gasteiger partial charge in [-0.15, -0.1) is 0 Å². The molecule has 1 atom stereocenters. The van der Waals surface area contributed by atoms with Gasteiger partial charge in [0.2, 0.25) is 0 Å². The molecule has 1 unspecified atom stereocenters. The van der Waals surface area contributed by atoms with E-state index >= 15 is 0 Å². The molecular weight excluding hydrogens is 408 g/mol. The first-order chi connectivity index (χ1) is 14.1. The summed E-state index contributed by atoms with van der Waals surface area (Å²) in [4.78, 5) is 36.3. The second-order valence-corrected chi connectivity index (χ2v) is 6.57. The SMILES string of the molecule is CC(C)C(NC(=O)c1c(F)cccc1F)C(=O)OCC(=O)Nc1ccc(F)cc1F. The number of carbonyl (C=O) groups excluding carboxylic acids is 3. The Bertz CT molecular complexity index is 946. The van der Waals surface area contributed by atoms with Crippen LogP contribution < -0.4 is 10.6 Å². The minimum absolute atomic E-state index is 0.318. The van der Waals surface area contributed by atoms with E-state index in [0.717, 1.165) is 30.3 Å². The summed E-state index contributed by atoms with van der Waals surface area (Å²) in [7, 11) is 0. The number of amides is 2. The zero-order valence-electron chi connectivity index (χ0n) is 16.0. The molecule has 2 amide bonds. The van der Waals surface area contributed by atoms with Crippen LogP contribution in [0.4, 0.5) is 23.2 Å². The number of rotatable bonds is 7. The Kier molecular flexibility index (Phi) is 7.51. The first kappa shape index (κ1) is 22.9. The molecule has 0 bridgehead atoms. The first-order valence-electron chi connectivity index (χ1n) is 8.76.